The number of ether oxygens (including phenoxy) is 1. The van der Waals surface area contributed by atoms with Crippen molar-refractivity contribution in [3.8, 4) is 17.1 Å². The second-order valence-corrected chi connectivity index (χ2v) is 3.44. The molecule has 0 unspecified atom stereocenters. The molecular formula is C10H9ClN4O. The monoisotopic (exact) mass is 236 g/mol. The van der Waals surface area contributed by atoms with Crippen LogP contribution >= 0.6 is 11.6 Å². The summed E-state index contributed by atoms with van der Waals surface area (Å²) in [7, 11) is 1.52. The molecule has 5 nitrogen and oxygen atoms in total. The Labute approximate surface area is 97.3 Å². The number of nitrogens with zero attached hydrogens (tertiary/aromatic N) is 3. The number of pyridine rings is 1. The lowest BCUT2D eigenvalue weighted by Crippen LogP contribution is -1.98. The van der Waals surface area contributed by atoms with Gasteiger partial charge in [0.15, 0.2) is 0 Å². The molecule has 0 aromatic carbocycles. The Morgan fingerprint density at radius 3 is 2.75 bits per heavy atom. The third kappa shape index (κ3) is 1.90. The fraction of sp³-hybridized carbons (Fsp3) is 0.100. The number of rotatable bonds is 2. The van der Waals surface area contributed by atoms with Crippen LogP contribution in [0.15, 0.2) is 24.7 Å². The molecule has 0 aliphatic heterocycles. The summed E-state index contributed by atoms with van der Waals surface area (Å²) in [6.45, 7) is 0. The van der Waals surface area contributed by atoms with E-state index in [1.807, 2.05) is 0 Å². The van der Waals surface area contributed by atoms with Crippen LogP contribution in [0, 0.1) is 0 Å². The molecule has 2 aromatic rings. The van der Waals surface area contributed by atoms with E-state index in [9.17, 15) is 0 Å². The van der Waals surface area contributed by atoms with Gasteiger partial charge in [-0.05, 0) is 6.07 Å². The number of anilines is 1. The van der Waals surface area contributed by atoms with Gasteiger partial charge in [0.2, 0.25) is 5.88 Å². The molecule has 0 fully saturated rings. The molecule has 0 bridgehead atoms. The molecule has 0 amide bonds. The minimum atomic E-state index is 0.336. The second-order valence-electron chi connectivity index (χ2n) is 3.00. The highest BCUT2D eigenvalue weighted by atomic mass is 35.5. The van der Waals surface area contributed by atoms with Crippen LogP contribution in [0.3, 0.4) is 0 Å². The van der Waals surface area contributed by atoms with Crippen LogP contribution in [0.4, 0.5) is 5.82 Å². The minimum Gasteiger partial charge on any atom is -0.479 e. The Balaban J connectivity index is 2.62. The van der Waals surface area contributed by atoms with E-state index in [-0.39, 0.29) is 0 Å². The summed E-state index contributed by atoms with van der Waals surface area (Å²) < 4.78 is 5.09. The summed E-state index contributed by atoms with van der Waals surface area (Å²) in [5.41, 5.74) is 6.89. The average molecular weight is 237 g/mol. The molecule has 0 saturated carbocycles. The number of hydrogen-bond donors (Lipinski definition) is 1. The smallest absolute Gasteiger partial charge is 0.240 e. The van der Waals surface area contributed by atoms with Crippen LogP contribution < -0.4 is 10.5 Å². The van der Waals surface area contributed by atoms with Crippen molar-refractivity contribution in [1.82, 2.24) is 15.0 Å². The first-order valence-corrected chi connectivity index (χ1v) is 4.86. The van der Waals surface area contributed by atoms with Crippen molar-refractivity contribution in [1.29, 1.82) is 0 Å². The Morgan fingerprint density at radius 1 is 1.25 bits per heavy atom. The van der Waals surface area contributed by atoms with E-state index in [1.165, 1.54) is 19.5 Å². The van der Waals surface area contributed by atoms with E-state index < -0.39 is 0 Å². The molecule has 0 aliphatic carbocycles. The molecule has 6 heteroatoms. The van der Waals surface area contributed by atoms with E-state index in [2.05, 4.69) is 15.0 Å². The lowest BCUT2D eigenvalue weighted by atomic mass is 10.2. The Bertz CT molecular complexity index is 518. The Kier molecular flexibility index (Phi) is 2.87. The quantitative estimate of drug-likeness (QED) is 0.860. The van der Waals surface area contributed by atoms with Crippen LogP contribution in [0.2, 0.25) is 5.02 Å². The molecule has 0 saturated heterocycles. The highest BCUT2D eigenvalue weighted by Gasteiger charge is 2.12. The molecule has 0 atom stereocenters. The van der Waals surface area contributed by atoms with Gasteiger partial charge in [-0.1, -0.05) is 11.6 Å². The lowest BCUT2D eigenvalue weighted by Gasteiger charge is -2.07. The number of nitrogens with two attached hydrogens (primary N) is 1. The minimum absolute atomic E-state index is 0.336. The van der Waals surface area contributed by atoms with E-state index in [4.69, 9.17) is 22.1 Å². The Morgan fingerprint density at radius 2 is 2.00 bits per heavy atom. The molecule has 82 valence electrons. The van der Waals surface area contributed by atoms with Crippen molar-refractivity contribution in [2.75, 3.05) is 12.8 Å². The molecule has 2 aromatic heterocycles. The fourth-order valence-electron chi connectivity index (χ4n) is 1.30. The average Bonchev–Trinajstić information content (AvgIpc) is 2.32. The number of nitrogen functional groups attached to an aromatic ring is 1. The number of aromatic nitrogens is 3. The van der Waals surface area contributed by atoms with Crippen molar-refractivity contribution in [2.24, 2.45) is 0 Å². The molecule has 2 rings (SSSR count). The maximum Gasteiger partial charge on any atom is 0.240 e. The zero-order valence-corrected chi connectivity index (χ0v) is 9.27. The molecule has 0 aliphatic rings. The zero-order valence-electron chi connectivity index (χ0n) is 8.51. The van der Waals surface area contributed by atoms with Crippen molar-refractivity contribution >= 4 is 17.4 Å². The van der Waals surface area contributed by atoms with Gasteiger partial charge in [0.1, 0.15) is 11.5 Å². The van der Waals surface area contributed by atoms with Crippen LogP contribution in [0.1, 0.15) is 0 Å². The number of halogens is 1. The zero-order chi connectivity index (χ0) is 11.5. The maximum atomic E-state index is 5.86. The van der Waals surface area contributed by atoms with Gasteiger partial charge in [-0.3, -0.25) is 0 Å². The Hall–Kier alpha value is -1.88. The topological polar surface area (TPSA) is 73.9 Å². The van der Waals surface area contributed by atoms with Gasteiger partial charge >= 0.3 is 0 Å². The molecule has 0 spiro atoms. The van der Waals surface area contributed by atoms with E-state index >= 15 is 0 Å². The summed E-state index contributed by atoms with van der Waals surface area (Å²) in [5.74, 6) is 0.724. The van der Waals surface area contributed by atoms with Crippen molar-refractivity contribution in [3.63, 3.8) is 0 Å². The van der Waals surface area contributed by atoms with Gasteiger partial charge in [-0.15, -0.1) is 0 Å². The van der Waals surface area contributed by atoms with E-state index in [1.54, 1.807) is 12.3 Å². The lowest BCUT2D eigenvalue weighted by molar-refractivity contribution is 0.398. The maximum absolute atomic E-state index is 5.86. The first-order valence-electron chi connectivity index (χ1n) is 4.48. The molecule has 2 N–H and O–H groups in total. The van der Waals surface area contributed by atoms with Crippen LogP contribution in [0.25, 0.3) is 11.3 Å². The normalized spacial score (nSPS) is 10.1. The van der Waals surface area contributed by atoms with E-state index in [0.29, 0.717) is 28.0 Å². The third-order valence-electron chi connectivity index (χ3n) is 2.00. The summed E-state index contributed by atoms with van der Waals surface area (Å²) in [5, 5.41) is 0.483. The second kappa shape index (κ2) is 4.32. The van der Waals surface area contributed by atoms with Crippen LogP contribution in [-0.4, -0.2) is 22.1 Å². The standard InChI is InChI=1S/C10H9ClN4O/c1-16-10-8(13-2-3-14-10)7-4-6(11)5-15-9(7)12/h2-5H,1H3,(H2,12,15). The van der Waals surface area contributed by atoms with Gasteiger partial charge in [0, 0.05) is 24.2 Å². The predicted octanol–water partition coefficient (Wildman–Crippen LogP) is 1.78. The predicted molar refractivity (Wildman–Crippen MR) is 61.2 cm³/mol. The fourth-order valence-corrected chi connectivity index (χ4v) is 1.46. The van der Waals surface area contributed by atoms with Gasteiger partial charge in [-0.2, -0.15) is 0 Å². The van der Waals surface area contributed by atoms with Crippen molar-refractivity contribution < 1.29 is 4.74 Å². The van der Waals surface area contributed by atoms with Gasteiger partial charge in [0.05, 0.1) is 12.1 Å². The van der Waals surface area contributed by atoms with Gasteiger partial charge < -0.3 is 10.5 Å². The van der Waals surface area contributed by atoms with Crippen LogP contribution in [0.5, 0.6) is 5.88 Å². The molecule has 0 radical (unpaired) electrons. The molecule has 2 heterocycles. The highest BCUT2D eigenvalue weighted by Crippen LogP contribution is 2.30. The number of hydrogen-bond acceptors (Lipinski definition) is 5. The SMILES string of the molecule is COc1nccnc1-c1cc(Cl)cnc1N. The number of methoxy groups -OCH3 is 1. The first-order chi connectivity index (χ1) is 7.72. The summed E-state index contributed by atoms with van der Waals surface area (Å²) >= 11 is 5.86. The first kappa shape index (κ1) is 10.6. The van der Waals surface area contributed by atoms with Crippen molar-refractivity contribution in [3.05, 3.63) is 29.7 Å². The summed E-state index contributed by atoms with van der Waals surface area (Å²) in [6, 6.07) is 1.68. The van der Waals surface area contributed by atoms with Crippen molar-refractivity contribution in [2.45, 2.75) is 0 Å². The highest BCUT2D eigenvalue weighted by molar-refractivity contribution is 6.30. The molecular weight excluding hydrogens is 228 g/mol. The van der Waals surface area contributed by atoms with Gasteiger partial charge in [-0.25, -0.2) is 15.0 Å². The van der Waals surface area contributed by atoms with E-state index in [0.717, 1.165) is 0 Å². The third-order valence-corrected chi connectivity index (χ3v) is 2.20. The summed E-state index contributed by atoms with van der Waals surface area (Å²) in [4.78, 5) is 12.1. The van der Waals surface area contributed by atoms with Crippen LogP contribution in [-0.2, 0) is 0 Å². The molecule has 16 heavy (non-hydrogen) atoms. The van der Waals surface area contributed by atoms with Gasteiger partial charge in [0.25, 0.3) is 0 Å². The largest absolute Gasteiger partial charge is 0.479 e. The summed E-state index contributed by atoms with van der Waals surface area (Å²) in [6.07, 6.45) is 4.57.